The predicted molar refractivity (Wildman–Crippen MR) is 51.7 cm³/mol. The average molecular weight is 266 g/mol. The summed E-state index contributed by atoms with van der Waals surface area (Å²) in [4.78, 5) is 0. The molecule has 0 saturated carbocycles. The first kappa shape index (κ1) is 13.1. The summed E-state index contributed by atoms with van der Waals surface area (Å²) in [6.45, 7) is 0. The molecular weight excluding hydrogens is 256 g/mol. The molecule has 0 spiro atoms. The highest BCUT2D eigenvalue weighted by Gasteiger charge is 2.44. The van der Waals surface area contributed by atoms with Crippen LogP contribution in [-0.4, -0.2) is 50.3 Å². The third kappa shape index (κ3) is 3.75. The topological polar surface area (TPSA) is 102 Å². The summed E-state index contributed by atoms with van der Waals surface area (Å²) in [5.41, 5.74) is 0. The molecule has 0 atom stereocenters. The summed E-state index contributed by atoms with van der Waals surface area (Å²) in [6.07, 6.45) is -1.99. The van der Waals surface area contributed by atoms with Crippen LogP contribution in [0.15, 0.2) is 0 Å². The van der Waals surface area contributed by atoms with Crippen LogP contribution in [0.2, 0.25) is 0 Å². The molecule has 0 fully saturated rings. The first-order valence-electron chi connectivity index (χ1n) is 2.93. The van der Waals surface area contributed by atoms with Crippen molar-refractivity contribution in [1.82, 2.24) is 0 Å². The van der Waals surface area contributed by atoms with E-state index in [0.717, 1.165) is 0 Å². The third-order valence-corrected chi connectivity index (χ3v) is 28.3. The second-order valence-electron chi connectivity index (χ2n) is 2.78. The second kappa shape index (κ2) is 3.33. The van der Waals surface area contributed by atoms with E-state index in [0.29, 0.717) is 18.8 Å². The molecule has 0 bridgehead atoms. The van der Waals surface area contributed by atoms with E-state index in [1.54, 1.807) is 0 Å². The molecule has 0 unspecified atom stereocenters. The van der Waals surface area contributed by atoms with Crippen LogP contribution in [0.5, 0.6) is 0 Å². The zero-order valence-corrected chi connectivity index (χ0v) is 10.9. The first-order chi connectivity index (χ1) is 5.37. The van der Waals surface area contributed by atoms with E-state index < -0.39 is 34.1 Å². The lowest BCUT2D eigenvalue weighted by Crippen LogP contribution is -2.41. The van der Waals surface area contributed by atoms with Gasteiger partial charge in [-0.05, 0) is 0 Å². The Kier molecular flexibility index (Phi) is 3.35. The van der Waals surface area contributed by atoms with E-state index in [1.807, 2.05) is 0 Å². The van der Waals surface area contributed by atoms with Crippen molar-refractivity contribution in [3.8, 4) is 0 Å². The van der Waals surface area contributed by atoms with Crippen LogP contribution < -0.4 is 0 Å². The molecule has 10 heteroatoms. The summed E-state index contributed by atoms with van der Waals surface area (Å²) in [7, 11) is -12.1. The van der Waals surface area contributed by atoms with Gasteiger partial charge in [0.1, 0.15) is 27.9 Å². The summed E-state index contributed by atoms with van der Waals surface area (Å²) < 4.78 is 65.6. The Balaban J connectivity index is 5.87. The molecule has 0 heterocycles. The molecule has 0 amide bonds. The van der Waals surface area contributed by atoms with Gasteiger partial charge in [-0.15, -0.1) is 0 Å². The van der Waals surface area contributed by atoms with Crippen molar-refractivity contribution in [2.24, 2.45) is 0 Å². The molecule has 0 aromatic rings. The Labute approximate surface area is 78.3 Å². The maximum absolute atomic E-state index is 10.9. The Morgan fingerprint density at radius 2 is 0.769 bits per heavy atom. The smallest absolute Gasteiger partial charge is 0.234 e. The summed E-state index contributed by atoms with van der Waals surface area (Å²) >= 11 is 0. The average Bonchev–Trinajstić information content (AvgIpc) is 1.44. The molecule has 13 heavy (non-hydrogen) atoms. The van der Waals surface area contributed by atoms with Gasteiger partial charge >= 0.3 is 6.25 Å². The fourth-order valence-corrected chi connectivity index (χ4v) is 25.7. The van der Waals surface area contributed by atoms with Crippen LogP contribution in [-0.2, 0) is 27.9 Å². The minimum absolute atomic E-state index is 0.631. The van der Waals surface area contributed by atoms with Crippen molar-refractivity contribution < 1.29 is 25.3 Å². The van der Waals surface area contributed by atoms with Gasteiger partial charge in [0.05, 0.1) is 0 Å². The highest BCUT2D eigenvalue weighted by molar-refractivity contribution is 8.69. The highest BCUT2D eigenvalue weighted by atomic mass is 32.8. The van der Waals surface area contributed by atoms with Crippen molar-refractivity contribution in [2.45, 2.75) is 0 Å². The standard InChI is InChI=1S/C3H10O6S3Si/c1-10(4,5)13(11(2,6)7)12(3,8)9/h13H,1-3H3. The van der Waals surface area contributed by atoms with Crippen molar-refractivity contribution in [1.29, 1.82) is 0 Å². The van der Waals surface area contributed by atoms with Gasteiger partial charge in [0.25, 0.3) is 0 Å². The maximum atomic E-state index is 10.9. The lowest BCUT2D eigenvalue weighted by molar-refractivity contribution is 0.607. The molecule has 0 aliphatic rings. The van der Waals surface area contributed by atoms with Crippen LogP contribution in [0, 0.1) is 0 Å². The van der Waals surface area contributed by atoms with Crippen molar-refractivity contribution >= 4 is 34.1 Å². The second-order valence-corrected chi connectivity index (χ2v) is 23.0. The van der Waals surface area contributed by atoms with Gasteiger partial charge in [0, 0.05) is 18.8 Å². The summed E-state index contributed by atoms with van der Waals surface area (Å²) in [5.74, 6) is 0. The zero-order chi connectivity index (χ0) is 11.1. The molecule has 6 nitrogen and oxygen atoms in total. The van der Waals surface area contributed by atoms with E-state index in [9.17, 15) is 25.3 Å². The summed E-state index contributed by atoms with van der Waals surface area (Å²) in [6, 6.07) is 0. The van der Waals surface area contributed by atoms with Crippen molar-refractivity contribution in [2.75, 3.05) is 18.8 Å². The monoisotopic (exact) mass is 266 g/mol. The van der Waals surface area contributed by atoms with Crippen molar-refractivity contribution in [3.63, 3.8) is 0 Å². The summed E-state index contributed by atoms with van der Waals surface area (Å²) in [5, 5.41) is 0. The quantitative estimate of drug-likeness (QED) is 0.539. The number of rotatable bonds is 3. The Morgan fingerprint density at radius 1 is 0.615 bits per heavy atom. The molecule has 0 aromatic heterocycles. The number of hydrogen-bond acceptors (Lipinski definition) is 6. The zero-order valence-electron chi connectivity index (χ0n) is 7.25. The van der Waals surface area contributed by atoms with Gasteiger partial charge in [-0.25, -0.2) is 25.3 Å². The van der Waals surface area contributed by atoms with E-state index >= 15 is 0 Å². The lowest BCUT2D eigenvalue weighted by atomic mass is 12.0. The fourth-order valence-electron chi connectivity index (χ4n) is 0.953. The minimum Gasteiger partial charge on any atom is -0.234 e. The molecule has 80 valence electrons. The molecule has 0 aromatic carbocycles. The predicted octanol–water partition coefficient (Wildman–Crippen LogP) is -2.16. The first-order valence-corrected chi connectivity index (χ1v) is 13.0. The highest BCUT2D eigenvalue weighted by Crippen LogP contribution is 2.08. The Morgan fingerprint density at radius 3 is 0.769 bits per heavy atom. The van der Waals surface area contributed by atoms with Crippen LogP contribution >= 0.6 is 0 Å². The largest absolute Gasteiger partial charge is 0.439 e. The normalized spacial score (nSPS) is 14.8. The molecule has 0 saturated heterocycles. The van der Waals surface area contributed by atoms with E-state index in [4.69, 9.17) is 0 Å². The van der Waals surface area contributed by atoms with E-state index in [-0.39, 0.29) is 0 Å². The Hall–Kier alpha value is 0.0669. The van der Waals surface area contributed by atoms with Crippen molar-refractivity contribution in [3.05, 3.63) is 0 Å². The SMILES string of the molecule is CS(=O)(=O)[SiH](S(C)(=O)=O)S(C)(=O)=O. The molecule has 0 aliphatic carbocycles. The van der Waals surface area contributed by atoms with Gasteiger partial charge in [0.15, 0.2) is 0 Å². The van der Waals surface area contributed by atoms with Crippen LogP contribution in [0.3, 0.4) is 0 Å². The molecule has 0 N–H and O–H groups in total. The molecule has 0 aliphatic heterocycles. The van der Waals surface area contributed by atoms with Gasteiger partial charge in [-0.3, -0.25) is 0 Å². The van der Waals surface area contributed by atoms with Gasteiger partial charge in [-0.2, -0.15) is 0 Å². The van der Waals surface area contributed by atoms with E-state index in [1.165, 1.54) is 0 Å². The van der Waals surface area contributed by atoms with Gasteiger partial charge in [0.2, 0.25) is 0 Å². The lowest BCUT2D eigenvalue weighted by Gasteiger charge is -2.07. The number of hydrogen-bond donors (Lipinski definition) is 0. The van der Waals surface area contributed by atoms with Crippen LogP contribution in [0.25, 0.3) is 0 Å². The fraction of sp³-hybridized carbons (Fsp3) is 1.00. The van der Waals surface area contributed by atoms with E-state index in [2.05, 4.69) is 0 Å². The van der Waals surface area contributed by atoms with Gasteiger partial charge < -0.3 is 0 Å². The third-order valence-electron chi connectivity index (χ3n) is 1.05. The van der Waals surface area contributed by atoms with Crippen LogP contribution in [0.4, 0.5) is 0 Å². The van der Waals surface area contributed by atoms with Gasteiger partial charge in [-0.1, -0.05) is 0 Å². The molecule has 0 rings (SSSR count). The molecular formula is C3H10O6S3Si. The Bertz CT molecular complexity index is 405. The van der Waals surface area contributed by atoms with Crippen LogP contribution in [0.1, 0.15) is 0 Å². The molecule has 0 radical (unpaired) electrons. The minimum atomic E-state index is -4.02. The maximum Gasteiger partial charge on any atom is 0.439 e.